The summed E-state index contributed by atoms with van der Waals surface area (Å²) < 4.78 is 7.49. The van der Waals surface area contributed by atoms with Gasteiger partial charge in [-0.05, 0) is 19.1 Å². The van der Waals surface area contributed by atoms with E-state index in [9.17, 15) is 4.79 Å². The van der Waals surface area contributed by atoms with Crippen molar-refractivity contribution in [2.75, 3.05) is 39.4 Å². The molecule has 2 N–H and O–H groups in total. The monoisotopic (exact) mass is 361 g/mol. The third-order valence-corrected chi connectivity index (χ3v) is 4.54. The third-order valence-electron chi connectivity index (χ3n) is 4.22. The fraction of sp³-hybridized carbons (Fsp3) is 0.471. The van der Waals surface area contributed by atoms with Crippen molar-refractivity contribution in [2.24, 2.45) is 0 Å². The second-order valence-electron chi connectivity index (χ2n) is 6.11. The summed E-state index contributed by atoms with van der Waals surface area (Å²) in [6, 6.07) is 7.99. The SMILES string of the molecule is Cc1ccc(-c2n[nH]c(=S)n2CC(=O)NCCN2CCOCC2)cc1. The summed E-state index contributed by atoms with van der Waals surface area (Å²) in [5, 5.41) is 10.00. The van der Waals surface area contributed by atoms with Gasteiger partial charge in [-0.25, -0.2) is 0 Å². The second kappa shape index (κ2) is 8.37. The quantitative estimate of drug-likeness (QED) is 0.760. The summed E-state index contributed by atoms with van der Waals surface area (Å²) in [7, 11) is 0. The molecule has 7 nitrogen and oxygen atoms in total. The van der Waals surface area contributed by atoms with Crippen LogP contribution in [-0.2, 0) is 16.1 Å². The molecule has 0 unspecified atom stereocenters. The van der Waals surface area contributed by atoms with E-state index in [1.54, 1.807) is 4.57 Å². The van der Waals surface area contributed by atoms with Gasteiger partial charge in [-0.2, -0.15) is 5.10 Å². The minimum atomic E-state index is -0.0703. The predicted molar refractivity (Wildman–Crippen MR) is 97.9 cm³/mol. The van der Waals surface area contributed by atoms with Crippen LogP contribution in [0.5, 0.6) is 0 Å². The molecule has 134 valence electrons. The number of morpholine rings is 1. The highest BCUT2D eigenvalue weighted by molar-refractivity contribution is 7.71. The third kappa shape index (κ3) is 4.75. The number of aromatic amines is 1. The van der Waals surface area contributed by atoms with Crippen LogP contribution in [0.25, 0.3) is 11.4 Å². The van der Waals surface area contributed by atoms with Crippen LogP contribution in [0.3, 0.4) is 0 Å². The van der Waals surface area contributed by atoms with E-state index in [1.807, 2.05) is 31.2 Å². The average Bonchev–Trinajstić information content (AvgIpc) is 2.97. The normalized spacial score (nSPS) is 15.2. The Bertz CT molecular complexity index is 762. The fourth-order valence-corrected chi connectivity index (χ4v) is 2.96. The van der Waals surface area contributed by atoms with E-state index in [0.717, 1.165) is 38.4 Å². The molecule has 1 aliphatic rings. The first-order valence-electron chi connectivity index (χ1n) is 8.42. The van der Waals surface area contributed by atoms with E-state index in [4.69, 9.17) is 17.0 Å². The smallest absolute Gasteiger partial charge is 0.240 e. The van der Waals surface area contributed by atoms with Crippen LogP contribution in [0.4, 0.5) is 0 Å². The Morgan fingerprint density at radius 1 is 1.32 bits per heavy atom. The highest BCUT2D eigenvalue weighted by Gasteiger charge is 2.13. The molecule has 1 fully saturated rings. The number of amides is 1. The molecule has 0 saturated carbocycles. The molecule has 8 heteroatoms. The van der Waals surface area contributed by atoms with Gasteiger partial charge in [-0.15, -0.1) is 0 Å². The van der Waals surface area contributed by atoms with Crippen LogP contribution < -0.4 is 5.32 Å². The molecule has 1 aromatic carbocycles. The van der Waals surface area contributed by atoms with Crippen molar-refractivity contribution in [2.45, 2.75) is 13.5 Å². The van der Waals surface area contributed by atoms with Gasteiger partial charge in [0.15, 0.2) is 10.6 Å². The molecule has 1 saturated heterocycles. The molecule has 0 radical (unpaired) electrons. The maximum absolute atomic E-state index is 12.3. The molecule has 1 amide bonds. The maximum atomic E-state index is 12.3. The van der Waals surface area contributed by atoms with Crippen LogP contribution in [0.2, 0.25) is 0 Å². The Kier molecular flexibility index (Phi) is 5.95. The van der Waals surface area contributed by atoms with Crippen molar-refractivity contribution in [1.82, 2.24) is 25.0 Å². The summed E-state index contributed by atoms with van der Waals surface area (Å²) in [6.45, 7) is 6.99. The van der Waals surface area contributed by atoms with Gasteiger partial charge in [0.25, 0.3) is 0 Å². The molecule has 3 rings (SSSR count). The first-order valence-corrected chi connectivity index (χ1v) is 8.83. The molecule has 1 aliphatic heterocycles. The van der Waals surface area contributed by atoms with Gasteiger partial charge >= 0.3 is 0 Å². The van der Waals surface area contributed by atoms with Crippen LogP contribution in [0.15, 0.2) is 24.3 Å². The molecular weight excluding hydrogens is 338 g/mol. The molecule has 2 heterocycles. The van der Waals surface area contributed by atoms with Crippen molar-refractivity contribution in [3.8, 4) is 11.4 Å². The lowest BCUT2D eigenvalue weighted by Crippen LogP contribution is -2.41. The molecule has 25 heavy (non-hydrogen) atoms. The van der Waals surface area contributed by atoms with Crippen LogP contribution in [0.1, 0.15) is 5.56 Å². The predicted octanol–water partition coefficient (Wildman–Crippen LogP) is 1.36. The lowest BCUT2D eigenvalue weighted by molar-refractivity contribution is -0.121. The number of carbonyl (C=O) groups is 1. The minimum Gasteiger partial charge on any atom is -0.379 e. The number of nitrogens with zero attached hydrogens (tertiary/aromatic N) is 3. The van der Waals surface area contributed by atoms with E-state index in [1.165, 1.54) is 5.56 Å². The highest BCUT2D eigenvalue weighted by atomic mass is 32.1. The van der Waals surface area contributed by atoms with Crippen LogP contribution in [-0.4, -0.2) is 65.0 Å². The van der Waals surface area contributed by atoms with Crippen molar-refractivity contribution in [1.29, 1.82) is 0 Å². The molecule has 0 spiro atoms. The van der Waals surface area contributed by atoms with Crippen molar-refractivity contribution >= 4 is 18.1 Å². The van der Waals surface area contributed by atoms with E-state index >= 15 is 0 Å². The first kappa shape index (κ1) is 17.8. The minimum absolute atomic E-state index is 0.0703. The lowest BCUT2D eigenvalue weighted by atomic mass is 10.1. The molecule has 0 bridgehead atoms. The second-order valence-corrected chi connectivity index (χ2v) is 6.50. The Labute approximate surface area is 152 Å². The first-order chi connectivity index (χ1) is 12.1. The number of aromatic nitrogens is 3. The van der Waals surface area contributed by atoms with Gasteiger partial charge in [0.05, 0.1) is 13.2 Å². The van der Waals surface area contributed by atoms with Crippen LogP contribution in [0, 0.1) is 11.7 Å². The summed E-state index contributed by atoms with van der Waals surface area (Å²) in [4.78, 5) is 14.6. The number of rotatable bonds is 6. The number of H-pyrrole nitrogens is 1. The number of nitrogens with one attached hydrogen (secondary N) is 2. The molecule has 0 aliphatic carbocycles. The number of aryl methyl sites for hydroxylation is 1. The Hall–Kier alpha value is -2.03. The Morgan fingerprint density at radius 3 is 2.76 bits per heavy atom. The zero-order valence-corrected chi connectivity index (χ0v) is 15.1. The van der Waals surface area contributed by atoms with Gasteiger partial charge in [0.1, 0.15) is 6.54 Å². The number of hydrogen-bond acceptors (Lipinski definition) is 5. The number of benzene rings is 1. The average molecular weight is 361 g/mol. The molecule has 2 aromatic rings. The summed E-state index contributed by atoms with van der Waals surface area (Å²) in [5.41, 5.74) is 2.10. The standard InChI is InChI=1S/C17H23N5O2S/c1-13-2-4-14(5-3-13)16-19-20-17(25)22(16)12-15(23)18-6-7-21-8-10-24-11-9-21/h2-5H,6-12H2,1H3,(H,18,23)(H,20,25). The van der Waals surface area contributed by atoms with Gasteiger partial charge in [-0.3, -0.25) is 19.4 Å². The maximum Gasteiger partial charge on any atom is 0.240 e. The van der Waals surface area contributed by atoms with Crippen molar-refractivity contribution in [3.63, 3.8) is 0 Å². The number of hydrogen-bond donors (Lipinski definition) is 2. The largest absolute Gasteiger partial charge is 0.379 e. The molecule has 0 atom stereocenters. The topological polar surface area (TPSA) is 75.2 Å². The summed E-state index contributed by atoms with van der Waals surface area (Å²) >= 11 is 5.27. The van der Waals surface area contributed by atoms with E-state index < -0.39 is 0 Å². The zero-order chi connectivity index (χ0) is 17.6. The Morgan fingerprint density at radius 2 is 2.04 bits per heavy atom. The van der Waals surface area contributed by atoms with Crippen molar-refractivity contribution < 1.29 is 9.53 Å². The van der Waals surface area contributed by atoms with Crippen LogP contribution >= 0.6 is 12.2 Å². The van der Waals surface area contributed by atoms with E-state index in [2.05, 4.69) is 20.4 Å². The summed E-state index contributed by atoms with van der Waals surface area (Å²) in [6.07, 6.45) is 0. The van der Waals surface area contributed by atoms with Gasteiger partial charge in [0.2, 0.25) is 5.91 Å². The van der Waals surface area contributed by atoms with Gasteiger partial charge in [-0.1, -0.05) is 29.8 Å². The zero-order valence-electron chi connectivity index (χ0n) is 14.3. The molecule has 1 aromatic heterocycles. The molecular formula is C17H23N5O2S. The van der Waals surface area contributed by atoms with Crippen molar-refractivity contribution in [3.05, 3.63) is 34.6 Å². The number of ether oxygens (including phenoxy) is 1. The fourth-order valence-electron chi connectivity index (χ4n) is 2.77. The van der Waals surface area contributed by atoms with Gasteiger partial charge in [0, 0.05) is 31.7 Å². The highest BCUT2D eigenvalue weighted by Crippen LogP contribution is 2.17. The van der Waals surface area contributed by atoms with E-state index in [-0.39, 0.29) is 12.5 Å². The van der Waals surface area contributed by atoms with E-state index in [0.29, 0.717) is 17.1 Å². The summed E-state index contributed by atoms with van der Waals surface area (Å²) in [5.74, 6) is 0.604. The lowest BCUT2D eigenvalue weighted by Gasteiger charge is -2.26. The Balaban J connectivity index is 1.58. The van der Waals surface area contributed by atoms with Gasteiger partial charge < -0.3 is 10.1 Å². The number of carbonyl (C=O) groups excluding carboxylic acids is 1.